The van der Waals surface area contributed by atoms with Crippen molar-refractivity contribution in [1.82, 2.24) is 14.4 Å². The predicted octanol–water partition coefficient (Wildman–Crippen LogP) is 4.32. The summed E-state index contributed by atoms with van der Waals surface area (Å²) in [4.78, 5) is 22.1. The standard InChI is InChI=1S/C18H16N4OS2/c1-11-3-5-13(6-4-11)15-8-22-14(10-25-18(22)20-15)7-16(23)21-17-19-12(2)9-24-17/h3-6,8-10H,7H2,1-2H3,(H,19,21,23). The van der Waals surface area contributed by atoms with Crippen LogP contribution in [0.15, 0.2) is 41.2 Å². The summed E-state index contributed by atoms with van der Waals surface area (Å²) < 4.78 is 1.99. The fourth-order valence-electron chi connectivity index (χ4n) is 2.56. The van der Waals surface area contributed by atoms with Crippen molar-refractivity contribution < 1.29 is 4.79 Å². The molecule has 7 heteroatoms. The van der Waals surface area contributed by atoms with Gasteiger partial charge in [0.15, 0.2) is 10.1 Å². The number of rotatable bonds is 4. The lowest BCUT2D eigenvalue weighted by atomic mass is 10.1. The molecule has 0 aliphatic rings. The number of hydrogen-bond donors (Lipinski definition) is 1. The van der Waals surface area contributed by atoms with E-state index in [1.165, 1.54) is 16.9 Å². The number of fused-ring (bicyclic) bond motifs is 1. The fraction of sp³-hybridized carbons (Fsp3) is 0.167. The van der Waals surface area contributed by atoms with Crippen LogP contribution in [-0.2, 0) is 11.2 Å². The fourth-order valence-corrected chi connectivity index (χ4v) is 4.14. The molecule has 0 bridgehead atoms. The number of aryl methyl sites for hydroxylation is 2. The molecule has 25 heavy (non-hydrogen) atoms. The quantitative estimate of drug-likeness (QED) is 0.584. The zero-order valence-electron chi connectivity index (χ0n) is 13.8. The molecule has 4 aromatic rings. The van der Waals surface area contributed by atoms with Gasteiger partial charge in [0.2, 0.25) is 5.91 Å². The monoisotopic (exact) mass is 368 g/mol. The third kappa shape index (κ3) is 3.33. The zero-order chi connectivity index (χ0) is 17.4. The number of hydrogen-bond acceptors (Lipinski definition) is 5. The molecular formula is C18H16N4OS2. The number of carbonyl (C=O) groups excluding carboxylic acids is 1. The van der Waals surface area contributed by atoms with Crippen LogP contribution in [0, 0.1) is 13.8 Å². The van der Waals surface area contributed by atoms with Crippen LogP contribution >= 0.6 is 22.7 Å². The molecule has 3 aromatic heterocycles. The van der Waals surface area contributed by atoms with Crippen LogP contribution in [0.2, 0.25) is 0 Å². The molecule has 0 saturated carbocycles. The summed E-state index contributed by atoms with van der Waals surface area (Å²) in [5, 5.41) is 7.39. The highest BCUT2D eigenvalue weighted by molar-refractivity contribution is 7.15. The van der Waals surface area contributed by atoms with Crippen molar-refractivity contribution in [3.8, 4) is 11.3 Å². The van der Waals surface area contributed by atoms with E-state index >= 15 is 0 Å². The van der Waals surface area contributed by atoms with E-state index in [2.05, 4.69) is 46.5 Å². The summed E-state index contributed by atoms with van der Waals surface area (Å²) >= 11 is 2.98. The molecule has 3 heterocycles. The van der Waals surface area contributed by atoms with Gasteiger partial charge in [0.05, 0.1) is 17.8 Å². The van der Waals surface area contributed by atoms with E-state index < -0.39 is 0 Å². The number of anilines is 1. The Morgan fingerprint density at radius 2 is 1.92 bits per heavy atom. The minimum Gasteiger partial charge on any atom is -0.302 e. The molecule has 1 N–H and O–H groups in total. The van der Waals surface area contributed by atoms with E-state index in [9.17, 15) is 4.79 Å². The molecule has 0 radical (unpaired) electrons. The Bertz CT molecular complexity index is 1040. The molecule has 0 saturated heterocycles. The van der Waals surface area contributed by atoms with Crippen molar-refractivity contribution in [2.24, 2.45) is 0 Å². The van der Waals surface area contributed by atoms with Gasteiger partial charge in [0.25, 0.3) is 0 Å². The summed E-state index contributed by atoms with van der Waals surface area (Å²) in [6, 6.07) is 8.29. The summed E-state index contributed by atoms with van der Waals surface area (Å²) in [6.07, 6.45) is 2.29. The first-order valence-corrected chi connectivity index (χ1v) is 9.59. The number of benzene rings is 1. The second-order valence-corrected chi connectivity index (χ2v) is 7.59. The lowest BCUT2D eigenvalue weighted by Crippen LogP contribution is -2.15. The van der Waals surface area contributed by atoms with E-state index in [0.717, 1.165) is 27.6 Å². The number of nitrogens with one attached hydrogen (secondary N) is 1. The second kappa shape index (κ2) is 6.42. The van der Waals surface area contributed by atoms with Gasteiger partial charge in [-0.25, -0.2) is 9.97 Å². The summed E-state index contributed by atoms with van der Waals surface area (Å²) in [5.41, 5.74) is 5.06. The van der Waals surface area contributed by atoms with Crippen LogP contribution in [0.25, 0.3) is 16.2 Å². The molecule has 1 amide bonds. The summed E-state index contributed by atoms with van der Waals surface area (Å²) in [5.74, 6) is -0.0698. The maximum atomic E-state index is 12.3. The molecular weight excluding hydrogens is 352 g/mol. The average Bonchev–Trinajstić information content (AvgIpc) is 3.26. The van der Waals surface area contributed by atoms with Gasteiger partial charge in [0.1, 0.15) is 0 Å². The molecule has 5 nitrogen and oxygen atoms in total. The minimum atomic E-state index is -0.0698. The highest BCUT2D eigenvalue weighted by Gasteiger charge is 2.13. The Balaban J connectivity index is 1.56. The van der Waals surface area contributed by atoms with Crippen molar-refractivity contribution >= 4 is 38.7 Å². The van der Waals surface area contributed by atoms with Crippen molar-refractivity contribution in [3.63, 3.8) is 0 Å². The van der Waals surface area contributed by atoms with Gasteiger partial charge < -0.3 is 5.32 Å². The summed E-state index contributed by atoms with van der Waals surface area (Å²) in [6.45, 7) is 3.98. The van der Waals surface area contributed by atoms with E-state index in [-0.39, 0.29) is 5.91 Å². The average molecular weight is 368 g/mol. The third-order valence-electron chi connectivity index (χ3n) is 3.84. The molecule has 0 aliphatic heterocycles. The maximum absolute atomic E-state index is 12.3. The first-order chi connectivity index (χ1) is 12.1. The Labute approximate surface area is 153 Å². The van der Waals surface area contributed by atoms with Crippen LogP contribution in [0.1, 0.15) is 17.0 Å². The minimum absolute atomic E-state index is 0.0698. The molecule has 0 aliphatic carbocycles. The molecule has 4 rings (SSSR count). The Morgan fingerprint density at radius 1 is 1.12 bits per heavy atom. The van der Waals surface area contributed by atoms with Gasteiger partial charge in [-0.05, 0) is 13.8 Å². The lowest BCUT2D eigenvalue weighted by Gasteiger charge is -2.01. The normalized spacial score (nSPS) is 11.1. The van der Waals surface area contributed by atoms with Crippen molar-refractivity contribution in [2.75, 3.05) is 5.32 Å². The van der Waals surface area contributed by atoms with E-state index in [1.807, 2.05) is 28.3 Å². The SMILES string of the molecule is Cc1ccc(-c2cn3c(CC(=O)Nc4nc(C)cs4)csc3n2)cc1. The Hall–Kier alpha value is -2.51. The molecule has 1 aromatic carbocycles. The lowest BCUT2D eigenvalue weighted by molar-refractivity contribution is -0.115. The topological polar surface area (TPSA) is 59.3 Å². The number of thiazole rings is 2. The van der Waals surface area contributed by atoms with E-state index in [1.54, 1.807) is 11.3 Å². The van der Waals surface area contributed by atoms with Crippen molar-refractivity contribution in [2.45, 2.75) is 20.3 Å². The van der Waals surface area contributed by atoms with Gasteiger partial charge in [-0.1, -0.05) is 29.8 Å². The van der Waals surface area contributed by atoms with Crippen molar-refractivity contribution in [3.05, 3.63) is 58.2 Å². The Morgan fingerprint density at radius 3 is 2.64 bits per heavy atom. The van der Waals surface area contributed by atoms with E-state index in [4.69, 9.17) is 0 Å². The number of nitrogens with zero attached hydrogens (tertiary/aromatic N) is 3. The number of amides is 1. The predicted molar refractivity (Wildman–Crippen MR) is 102 cm³/mol. The Kier molecular flexibility index (Phi) is 4.10. The smallest absolute Gasteiger partial charge is 0.232 e. The largest absolute Gasteiger partial charge is 0.302 e. The van der Waals surface area contributed by atoms with Crippen LogP contribution in [0.5, 0.6) is 0 Å². The summed E-state index contributed by atoms with van der Waals surface area (Å²) in [7, 11) is 0. The third-order valence-corrected chi connectivity index (χ3v) is 5.60. The molecule has 0 unspecified atom stereocenters. The van der Waals surface area contributed by atoms with Gasteiger partial charge in [-0.15, -0.1) is 22.7 Å². The first kappa shape index (κ1) is 16.0. The number of aromatic nitrogens is 3. The number of carbonyl (C=O) groups is 1. The molecule has 0 atom stereocenters. The van der Waals surface area contributed by atoms with Crippen LogP contribution in [0.4, 0.5) is 5.13 Å². The van der Waals surface area contributed by atoms with Crippen LogP contribution in [-0.4, -0.2) is 20.3 Å². The van der Waals surface area contributed by atoms with Gasteiger partial charge in [0, 0.05) is 28.2 Å². The highest BCUT2D eigenvalue weighted by atomic mass is 32.1. The van der Waals surface area contributed by atoms with Gasteiger partial charge in [-0.3, -0.25) is 9.20 Å². The zero-order valence-corrected chi connectivity index (χ0v) is 15.4. The molecule has 0 fully saturated rings. The van der Waals surface area contributed by atoms with Gasteiger partial charge >= 0.3 is 0 Å². The van der Waals surface area contributed by atoms with Crippen molar-refractivity contribution in [1.29, 1.82) is 0 Å². The molecule has 126 valence electrons. The van der Waals surface area contributed by atoms with Crippen LogP contribution < -0.4 is 5.32 Å². The van der Waals surface area contributed by atoms with E-state index in [0.29, 0.717) is 11.6 Å². The van der Waals surface area contributed by atoms with Gasteiger partial charge in [-0.2, -0.15) is 0 Å². The second-order valence-electron chi connectivity index (χ2n) is 5.89. The maximum Gasteiger partial charge on any atom is 0.232 e. The highest BCUT2D eigenvalue weighted by Crippen LogP contribution is 2.24. The molecule has 0 spiro atoms. The first-order valence-electron chi connectivity index (χ1n) is 7.83. The van der Waals surface area contributed by atoms with Crippen LogP contribution in [0.3, 0.4) is 0 Å². The number of imidazole rings is 1.